The van der Waals surface area contributed by atoms with Crippen LogP contribution in [0.25, 0.3) is 10.1 Å². The average molecular weight is 258 g/mol. The molecule has 0 fully saturated rings. The molecule has 92 valence electrons. The molecule has 0 saturated carbocycles. The maximum Gasteiger partial charge on any atom is 0.137 e. The zero-order valence-corrected chi connectivity index (χ0v) is 11.1. The fourth-order valence-corrected chi connectivity index (χ4v) is 3.32. The Balaban J connectivity index is 2.16. The summed E-state index contributed by atoms with van der Waals surface area (Å²) in [6.07, 6.45) is 1.71. The second kappa shape index (κ2) is 3.93. The summed E-state index contributed by atoms with van der Waals surface area (Å²) in [5.41, 5.74) is -0.205. The van der Waals surface area contributed by atoms with E-state index in [-0.39, 0.29) is 0 Å². The zero-order valence-electron chi connectivity index (χ0n) is 10.3. The summed E-state index contributed by atoms with van der Waals surface area (Å²) in [5, 5.41) is 16.1. The van der Waals surface area contributed by atoms with Crippen molar-refractivity contribution < 1.29 is 5.11 Å². The van der Waals surface area contributed by atoms with Crippen LogP contribution in [0.4, 0.5) is 0 Å². The van der Waals surface area contributed by atoms with Crippen LogP contribution in [0, 0.1) is 0 Å². The molecule has 4 heteroatoms. The molecule has 0 saturated heterocycles. The summed E-state index contributed by atoms with van der Waals surface area (Å²) in [6, 6.07) is 12.1. The van der Waals surface area contributed by atoms with Crippen molar-refractivity contribution in [2.75, 3.05) is 0 Å². The lowest BCUT2D eigenvalue weighted by Crippen LogP contribution is -2.24. The van der Waals surface area contributed by atoms with E-state index in [1.54, 1.807) is 22.2 Å². The van der Waals surface area contributed by atoms with Gasteiger partial charge in [0.2, 0.25) is 0 Å². The summed E-state index contributed by atoms with van der Waals surface area (Å²) in [5.74, 6) is 0. The Hall–Kier alpha value is -1.65. The van der Waals surface area contributed by atoms with Crippen molar-refractivity contribution in [2.24, 2.45) is 7.05 Å². The van der Waals surface area contributed by atoms with E-state index in [1.807, 2.05) is 38.2 Å². The van der Waals surface area contributed by atoms with E-state index in [0.29, 0.717) is 0 Å². The van der Waals surface area contributed by atoms with E-state index < -0.39 is 5.60 Å². The number of thiophene rings is 1. The van der Waals surface area contributed by atoms with Gasteiger partial charge < -0.3 is 5.11 Å². The Bertz CT molecular complexity index is 663. The fourth-order valence-electron chi connectivity index (χ4n) is 2.20. The van der Waals surface area contributed by atoms with Crippen molar-refractivity contribution in [1.82, 2.24) is 9.78 Å². The van der Waals surface area contributed by atoms with Gasteiger partial charge in [0.25, 0.3) is 0 Å². The van der Waals surface area contributed by atoms with Gasteiger partial charge in [0.15, 0.2) is 0 Å². The SMILES string of the molecule is Cn1nccc1C(C)(O)c1cc2ccccc2s1. The first kappa shape index (κ1) is 11.4. The summed E-state index contributed by atoms with van der Waals surface area (Å²) >= 11 is 1.62. The van der Waals surface area contributed by atoms with Crippen LogP contribution in [0.1, 0.15) is 17.5 Å². The third-order valence-corrected chi connectivity index (χ3v) is 4.55. The molecule has 3 nitrogen and oxygen atoms in total. The topological polar surface area (TPSA) is 38.0 Å². The maximum atomic E-state index is 10.8. The lowest BCUT2D eigenvalue weighted by molar-refractivity contribution is 0.0969. The molecule has 3 aromatic rings. The van der Waals surface area contributed by atoms with Gasteiger partial charge >= 0.3 is 0 Å². The van der Waals surface area contributed by atoms with Crippen molar-refractivity contribution in [3.63, 3.8) is 0 Å². The highest BCUT2D eigenvalue weighted by atomic mass is 32.1. The van der Waals surface area contributed by atoms with E-state index in [9.17, 15) is 5.11 Å². The molecular weight excluding hydrogens is 244 g/mol. The molecule has 1 N–H and O–H groups in total. The minimum absolute atomic E-state index is 0.800. The number of rotatable bonds is 2. The van der Waals surface area contributed by atoms with Crippen molar-refractivity contribution in [2.45, 2.75) is 12.5 Å². The molecule has 0 aliphatic carbocycles. The number of fused-ring (bicyclic) bond motifs is 1. The van der Waals surface area contributed by atoms with Gasteiger partial charge in [-0.15, -0.1) is 11.3 Å². The van der Waals surface area contributed by atoms with E-state index in [0.717, 1.165) is 10.6 Å². The number of benzene rings is 1. The molecule has 0 aliphatic heterocycles. The molecule has 0 aliphatic rings. The molecule has 1 unspecified atom stereocenters. The first-order valence-electron chi connectivity index (χ1n) is 5.79. The van der Waals surface area contributed by atoms with Crippen LogP contribution in [0.3, 0.4) is 0 Å². The molecule has 2 heterocycles. The van der Waals surface area contributed by atoms with Gasteiger partial charge in [-0.3, -0.25) is 4.68 Å². The van der Waals surface area contributed by atoms with Gasteiger partial charge in [-0.05, 0) is 30.5 Å². The van der Waals surface area contributed by atoms with Gasteiger partial charge in [0.1, 0.15) is 5.60 Å². The van der Waals surface area contributed by atoms with Crippen molar-refractivity contribution >= 4 is 21.4 Å². The summed E-state index contributed by atoms with van der Waals surface area (Å²) in [6.45, 7) is 1.81. The smallest absolute Gasteiger partial charge is 0.137 e. The Kier molecular flexibility index (Phi) is 2.50. The van der Waals surface area contributed by atoms with Gasteiger partial charge in [-0.2, -0.15) is 5.10 Å². The third kappa shape index (κ3) is 1.65. The molecule has 0 amide bonds. The first-order chi connectivity index (χ1) is 8.59. The number of hydrogen-bond acceptors (Lipinski definition) is 3. The second-order valence-electron chi connectivity index (χ2n) is 4.56. The van der Waals surface area contributed by atoms with Gasteiger partial charge in [0, 0.05) is 22.8 Å². The van der Waals surface area contributed by atoms with Crippen molar-refractivity contribution in [3.8, 4) is 0 Å². The zero-order chi connectivity index (χ0) is 12.8. The van der Waals surface area contributed by atoms with Gasteiger partial charge in [-0.25, -0.2) is 0 Å². The molecular formula is C14H14N2OS. The Morgan fingerprint density at radius 1 is 1.28 bits per heavy atom. The van der Waals surface area contributed by atoms with E-state index in [4.69, 9.17) is 0 Å². The molecule has 1 aromatic carbocycles. The molecule has 1 atom stereocenters. The molecule has 0 bridgehead atoms. The average Bonchev–Trinajstić information content (AvgIpc) is 2.94. The number of nitrogens with zero attached hydrogens (tertiary/aromatic N) is 2. The van der Waals surface area contributed by atoms with Crippen molar-refractivity contribution in [1.29, 1.82) is 0 Å². The molecule has 0 radical (unpaired) electrons. The number of aryl methyl sites for hydroxylation is 1. The molecule has 2 aromatic heterocycles. The van der Waals surface area contributed by atoms with Crippen LogP contribution in [0.5, 0.6) is 0 Å². The number of hydrogen-bond donors (Lipinski definition) is 1. The quantitative estimate of drug-likeness (QED) is 0.767. The van der Waals surface area contributed by atoms with Crippen LogP contribution in [-0.4, -0.2) is 14.9 Å². The van der Waals surface area contributed by atoms with Crippen LogP contribution in [-0.2, 0) is 12.6 Å². The predicted molar refractivity (Wildman–Crippen MR) is 73.7 cm³/mol. The van der Waals surface area contributed by atoms with Crippen molar-refractivity contribution in [3.05, 3.63) is 53.2 Å². The first-order valence-corrected chi connectivity index (χ1v) is 6.60. The van der Waals surface area contributed by atoms with Crippen LogP contribution >= 0.6 is 11.3 Å². The highest BCUT2D eigenvalue weighted by molar-refractivity contribution is 7.19. The number of aromatic nitrogens is 2. The van der Waals surface area contributed by atoms with Gasteiger partial charge in [0.05, 0.1) is 5.69 Å². The lowest BCUT2D eigenvalue weighted by Gasteiger charge is -2.21. The van der Waals surface area contributed by atoms with Crippen LogP contribution < -0.4 is 0 Å². The third-order valence-electron chi connectivity index (χ3n) is 3.22. The predicted octanol–water partition coefficient (Wildman–Crippen LogP) is 2.89. The summed E-state index contributed by atoms with van der Waals surface area (Å²) < 4.78 is 2.90. The Morgan fingerprint density at radius 2 is 2.06 bits per heavy atom. The number of aliphatic hydroxyl groups is 1. The second-order valence-corrected chi connectivity index (χ2v) is 5.64. The van der Waals surface area contributed by atoms with E-state index in [1.165, 1.54) is 10.1 Å². The summed E-state index contributed by atoms with van der Waals surface area (Å²) in [7, 11) is 1.84. The van der Waals surface area contributed by atoms with Gasteiger partial charge in [-0.1, -0.05) is 18.2 Å². The molecule has 3 rings (SSSR count). The maximum absolute atomic E-state index is 10.8. The van der Waals surface area contributed by atoms with E-state index in [2.05, 4.69) is 17.2 Å². The molecule has 0 spiro atoms. The van der Waals surface area contributed by atoms with Crippen LogP contribution in [0.2, 0.25) is 0 Å². The minimum Gasteiger partial charge on any atom is -0.378 e. The fraction of sp³-hybridized carbons (Fsp3) is 0.214. The monoisotopic (exact) mass is 258 g/mol. The lowest BCUT2D eigenvalue weighted by atomic mass is 10.00. The normalized spacial score (nSPS) is 14.8. The molecule has 18 heavy (non-hydrogen) atoms. The largest absolute Gasteiger partial charge is 0.378 e. The van der Waals surface area contributed by atoms with Crippen LogP contribution in [0.15, 0.2) is 42.6 Å². The minimum atomic E-state index is -1.01. The standard InChI is InChI=1S/C14H14N2OS/c1-14(17,12-7-8-15-16(12)2)13-9-10-5-3-4-6-11(10)18-13/h3-9,17H,1-2H3. The van der Waals surface area contributed by atoms with E-state index >= 15 is 0 Å². The Morgan fingerprint density at radius 3 is 2.72 bits per heavy atom. The highest BCUT2D eigenvalue weighted by Crippen LogP contribution is 2.36. The summed E-state index contributed by atoms with van der Waals surface area (Å²) in [4.78, 5) is 0.937. The Labute approximate surface area is 109 Å². The highest BCUT2D eigenvalue weighted by Gasteiger charge is 2.30.